The van der Waals surface area contributed by atoms with Gasteiger partial charge in [-0.1, -0.05) is 0 Å². The Morgan fingerprint density at radius 2 is 1.94 bits per heavy atom. The number of fused-ring (bicyclic) bond motifs is 3. The van der Waals surface area contributed by atoms with E-state index in [0.29, 0.717) is 68.8 Å². The van der Waals surface area contributed by atoms with Gasteiger partial charge in [0.05, 0.1) is 43.4 Å². The Hall–Kier alpha value is -3.42. The third-order valence-corrected chi connectivity index (χ3v) is 7.72. The van der Waals surface area contributed by atoms with Crippen LogP contribution in [0, 0.1) is 0 Å². The molecule has 0 bridgehead atoms. The molecule has 12 nitrogen and oxygen atoms in total. The molecule has 0 atom stereocenters. The molecule has 13 heteroatoms. The van der Waals surface area contributed by atoms with Crippen molar-refractivity contribution in [2.75, 3.05) is 51.8 Å². The summed E-state index contributed by atoms with van der Waals surface area (Å²) in [6, 6.07) is 5.45. The number of nitrogens with zero attached hydrogens (tertiary/aromatic N) is 6. The van der Waals surface area contributed by atoms with Crippen molar-refractivity contribution in [1.29, 1.82) is 0 Å². The van der Waals surface area contributed by atoms with Gasteiger partial charge in [0.2, 0.25) is 16.0 Å². The third kappa shape index (κ3) is 5.16. The molecule has 1 aromatic heterocycles. The summed E-state index contributed by atoms with van der Waals surface area (Å²) in [6.45, 7) is 3.08. The van der Waals surface area contributed by atoms with E-state index in [1.54, 1.807) is 6.07 Å². The normalized spacial score (nSPS) is 17.8. The number of sulfonamides is 1. The Kier molecular flexibility index (Phi) is 6.70. The molecular formula is C22H25N7O5S. The number of aliphatic imine (C=N–C) groups is 2. The Morgan fingerprint density at radius 3 is 2.74 bits per heavy atom. The average molecular weight is 500 g/mol. The molecular weight excluding hydrogens is 474 g/mol. The van der Waals surface area contributed by atoms with E-state index >= 15 is 0 Å². The molecule has 3 aliphatic rings. The summed E-state index contributed by atoms with van der Waals surface area (Å²) in [5.41, 5.74) is 1.77. The molecule has 0 spiro atoms. The van der Waals surface area contributed by atoms with Crippen LogP contribution in [-0.2, 0) is 14.8 Å². The molecule has 184 valence electrons. The zero-order valence-electron chi connectivity index (χ0n) is 19.0. The molecule has 0 aliphatic carbocycles. The molecule has 0 saturated carbocycles. The summed E-state index contributed by atoms with van der Waals surface area (Å²) in [5, 5.41) is 2.82. The summed E-state index contributed by atoms with van der Waals surface area (Å²) in [6.07, 6.45) is 4.59. The smallest absolute Gasteiger partial charge is 0.261 e. The van der Waals surface area contributed by atoms with E-state index in [2.05, 4.69) is 25.3 Å². The molecule has 4 heterocycles. The number of carbonyl (C=O) groups excluding carboxylic acids is 1. The molecule has 1 fully saturated rings. The highest BCUT2D eigenvalue weighted by Crippen LogP contribution is 2.32. The number of benzene rings is 1. The van der Waals surface area contributed by atoms with Crippen molar-refractivity contribution in [3.8, 4) is 5.75 Å². The van der Waals surface area contributed by atoms with Crippen LogP contribution in [0.2, 0.25) is 0 Å². The van der Waals surface area contributed by atoms with Crippen molar-refractivity contribution >= 4 is 33.4 Å². The Labute approximate surface area is 202 Å². The number of hydrogen-bond acceptors (Lipinski definition) is 10. The number of aromatic nitrogens is 2. The van der Waals surface area contributed by atoms with Crippen molar-refractivity contribution in [3.05, 3.63) is 48.0 Å². The molecule has 0 unspecified atom stereocenters. The Morgan fingerprint density at radius 1 is 1.14 bits per heavy atom. The van der Waals surface area contributed by atoms with Gasteiger partial charge in [0, 0.05) is 43.7 Å². The van der Waals surface area contributed by atoms with E-state index in [0.717, 1.165) is 11.4 Å². The number of morpholine rings is 1. The minimum atomic E-state index is -3.32. The summed E-state index contributed by atoms with van der Waals surface area (Å²) >= 11 is 0. The van der Waals surface area contributed by atoms with E-state index in [4.69, 9.17) is 9.47 Å². The fraction of sp³-hybridized carbons (Fsp3) is 0.409. The van der Waals surface area contributed by atoms with Crippen molar-refractivity contribution < 1.29 is 22.7 Å². The topological polar surface area (TPSA) is 139 Å². The van der Waals surface area contributed by atoms with Gasteiger partial charge in [0.25, 0.3) is 5.91 Å². The van der Waals surface area contributed by atoms with E-state index in [1.165, 1.54) is 23.0 Å². The largest absolute Gasteiger partial charge is 0.493 e. The number of amides is 1. The summed E-state index contributed by atoms with van der Waals surface area (Å²) in [7, 11) is -3.32. The van der Waals surface area contributed by atoms with E-state index in [1.807, 2.05) is 17.0 Å². The van der Waals surface area contributed by atoms with Crippen LogP contribution < -0.4 is 10.1 Å². The number of rotatable bonds is 7. The lowest BCUT2D eigenvalue weighted by molar-refractivity contribution is 0.0730. The number of nitrogens with one attached hydrogen (secondary N) is 1. The first-order valence-electron chi connectivity index (χ1n) is 11.3. The van der Waals surface area contributed by atoms with Crippen molar-refractivity contribution in [2.24, 2.45) is 9.98 Å². The molecule has 2 aromatic rings. The van der Waals surface area contributed by atoms with Crippen LogP contribution in [-0.4, -0.2) is 97.0 Å². The van der Waals surface area contributed by atoms with Gasteiger partial charge >= 0.3 is 0 Å². The predicted octanol–water partition coefficient (Wildman–Crippen LogP) is 0.401. The molecule has 35 heavy (non-hydrogen) atoms. The molecule has 0 radical (unpaired) electrons. The standard InChI is InChI=1S/C22H25N7O5S/c30-21(16-13-23-15-24-14-16)27-22-26-19-12-17(2-3-18(19)20-25-4-5-29(20)22)34-8-1-11-35(31,32)28-6-9-33-10-7-28/h2-3,12-15H,1,4-11H2,(H,26,27,30). The van der Waals surface area contributed by atoms with Crippen LogP contribution in [0.25, 0.3) is 0 Å². The molecule has 3 aliphatic heterocycles. The minimum absolute atomic E-state index is 0.0151. The van der Waals surface area contributed by atoms with Crippen LogP contribution in [0.5, 0.6) is 5.75 Å². The zero-order valence-corrected chi connectivity index (χ0v) is 19.8. The molecule has 1 amide bonds. The molecule has 1 N–H and O–H groups in total. The first-order valence-corrected chi connectivity index (χ1v) is 12.9. The van der Waals surface area contributed by atoms with E-state index in [9.17, 15) is 13.2 Å². The molecule has 1 saturated heterocycles. The zero-order chi connectivity index (χ0) is 24.3. The average Bonchev–Trinajstić information content (AvgIpc) is 3.38. The fourth-order valence-electron chi connectivity index (χ4n) is 4.01. The maximum atomic E-state index is 12.6. The fourth-order valence-corrected chi connectivity index (χ4v) is 5.46. The number of hydrogen-bond donors (Lipinski definition) is 1. The van der Waals surface area contributed by atoms with Gasteiger partial charge < -0.3 is 9.47 Å². The van der Waals surface area contributed by atoms with E-state index in [-0.39, 0.29) is 18.3 Å². The quantitative estimate of drug-likeness (QED) is 0.540. The van der Waals surface area contributed by atoms with Gasteiger partial charge in [-0.3, -0.25) is 20.0 Å². The van der Waals surface area contributed by atoms with Crippen LogP contribution >= 0.6 is 0 Å². The Balaban J connectivity index is 1.25. The van der Waals surface area contributed by atoms with Crippen molar-refractivity contribution in [3.63, 3.8) is 0 Å². The van der Waals surface area contributed by atoms with Gasteiger partial charge in [0.15, 0.2) is 0 Å². The van der Waals surface area contributed by atoms with Crippen molar-refractivity contribution in [2.45, 2.75) is 6.42 Å². The van der Waals surface area contributed by atoms with Gasteiger partial charge in [-0.15, -0.1) is 0 Å². The highest BCUT2D eigenvalue weighted by Gasteiger charge is 2.31. The van der Waals surface area contributed by atoms with Crippen LogP contribution in [0.4, 0.5) is 5.69 Å². The van der Waals surface area contributed by atoms with Crippen molar-refractivity contribution in [1.82, 2.24) is 24.5 Å². The first kappa shape index (κ1) is 23.3. The highest BCUT2D eigenvalue weighted by atomic mass is 32.2. The molecule has 5 rings (SSSR count). The van der Waals surface area contributed by atoms with Gasteiger partial charge in [-0.05, 0) is 18.6 Å². The second-order valence-corrected chi connectivity index (χ2v) is 10.2. The highest BCUT2D eigenvalue weighted by molar-refractivity contribution is 7.89. The lowest BCUT2D eigenvalue weighted by Gasteiger charge is -2.27. The van der Waals surface area contributed by atoms with Gasteiger partial charge in [0.1, 0.15) is 17.9 Å². The van der Waals surface area contributed by atoms with E-state index < -0.39 is 10.0 Å². The summed E-state index contributed by atoms with van der Waals surface area (Å²) < 4.78 is 37.4. The maximum Gasteiger partial charge on any atom is 0.261 e. The lowest BCUT2D eigenvalue weighted by Crippen LogP contribution is -2.47. The summed E-state index contributed by atoms with van der Waals surface area (Å²) in [4.78, 5) is 31.5. The van der Waals surface area contributed by atoms with Crippen LogP contribution in [0.15, 0.2) is 46.9 Å². The summed E-state index contributed by atoms with van der Waals surface area (Å²) in [5.74, 6) is 1.31. The minimum Gasteiger partial charge on any atom is -0.493 e. The van der Waals surface area contributed by atoms with Crippen LogP contribution in [0.1, 0.15) is 22.3 Å². The second-order valence-electron chi connectivity index (χ2n) is 8.08. The number of guanidine groups is 1. The molecule has 1 aromatic carbocycles. The lowest BCUT2D eigenvalue weighted by atomic mass is 10.1. The van der Waals surface area contributed by atoms with Gasteiger partial charge in [-0.2, -0.15) is 4.31 Å². The first-order chi connectivity index (χ1) is 17.0. The monoisotopic (exact) mass is 499 g/mol. The van der Waals surface area contributed by atoms with Crippen LogP contribution in [0.3, 0.4) is 0 Å². The van der Waals surface area contributed by atoms with Gasteiger partial charge in [-0.25, -0.2) is 23.4 Å². The Bertz CT molecular complexity index is 1260. The number of ether oxygens (including phenoxy) is 2. The predicted molar refractivity (Wildman–Crippen MR) is 127 cm³/mol. The number of amidine groups is 1. The maximum absolute atomic E-state index is 12.6. The number of carbonyl (C=O) groups is 1. The SMILES string of the molecule is O=C(NC1=Nc2cc(OCCCS(=O)(=O)N3CCOCC3)ccc2C2=NCCN12)c1cncnc1. The second kappa shape index (κ2) is 10.1. The third-order valence-electron chi connectivity index (χ3n) is 5.76.